The minimum atomic E-state index is -0.733. The van der Waals surface area contributed by atoms with Crippen LogP contribution in [0.4, 0.5) is 15.0 Å². The van der Waals surface area contributed by atoms with Crippen LogP contribution in [-0.4, -0.2) is 29.0 Å². The SMILES string of the molecule is CC1=C(C(=O)Nc2cc(C)on2)C(c2ccc(F)c(Br)c2)NC(=O)N1C. The summed E-state index contributed by atoms with van der Waals surface area (Å²) in [5.41, 5.74) is 1.38. The lowest BCUT2D eigenvalue weighted by Crippen LogP contribution is -2.46. The first kappa shape index (κ1) is 18.1. The van der Waals surface area contributed by atoms with Gasteiger partial charge in [-0.3, -0.25) is 4.79 Å². The zero-order valence-corrected chi connectivity index (χ0v) is 15.8. The molecule has 1 unspecified atom stereocenters. The van der Waals surface area contributed by atoms with Crippen molar-refractivity contribution in [3.8, 4) is 0 Å². The predicted octanol–water partition coefficient (Wildman–Crippen LogP) is 3.49. The fourth-order valence-electron chi connectivity index (χ4n) is 2.68. The molecule has 2 N–H and O–H groups in total. The van der Waals surface area contributed by atoms with Crippen LogP contribution in [0.2, 0.25) is 0 Å². The summed E-state index contributed by atoms with van der Waals surface area (Å²) < 4.78 is 18.8. The standard InChI is InChI=1S/C17H16BrFN4O3/c1-8-6-13(22-26-8)20-16(24)14-9(2)23(3)17(25)21-15(14)10-4-5-12(19)11(18)7-10/h4-7,15H,1-3H3,(H,21,25)(H,20,22,24). The van der Waals surface area contributed by atoms with Crippen molar-refractivity contribution in [2.75, 3.05) is 12.4 Å². The number of hydrogen-bond acceptors (Lipinski definition) is 4. The highest BCUT2D eigenvalue weighted by Crippen LogP contribution is 2.32. The van der Waals surface area contributed by atoms with Gasteiger partial charge in [0, 0.05) is 18.8 Å². The van der Waals surface area contributed by atoms with Crippen molar-refractivity contribution >= 4 is 33.7 Å². The van der Waals surface area contributed by atoms with Gasteiger partial charge >= 0.3 is 6.03 Å². The zero-order valence-electron chi connectivity index (χ0n) is 14.3. The molecule has 7 nitrogen and oxygen atoms in total. The van der Waals surface area contributed by atoms with E-state index in [4.69, 9.17) is 4.52 Å². The topological polar surface area (TPSA) is 87.5 Å². The molecule has 0 aliphatic carbocycles. The fraction of sp³-hybridized carbons (Fsp3) is 0.235. The molecule has 1 atom stereocenters. The highest BCUT2D eigenvalue weighted by atomic mass is 79.9. The molecule has 0 saturated heterocycles. The number of halogens is 2. The van der Waals surface area contributed by atoms with E-state index in [-0.39, 0.29) is 16.3 Å². The molecule has 0 fully saturated rings. The lowest BCUT2D eigenvalue weighted by molar-refractivity contribution is -0.113. The summed E-state index contributed by atoms with van der Waals surface area (Å²) >= 11 is 3.13. The largest absolute Gasteiger partial charge is 0.360 e. The van der Waals surface area contributed by atoms with Gasteiger partial charge in [-0.1, -0.05) is 11.2 Å². The molecule has 0 bridgehead atoms. The second kappa shape index (κ2) is 6.91. The molecule has 0 spiro atoms. The highest BCUT2D eigenvalue weighted by Gasteiger charge is 2.34. The van der Waals surface area contributed by atoms with Crippen molar-refractivity contribution in [3.05, 3.63) is 57.1 Å². The molecule has 2 aromatic rings. The van der Waals surface area contributed by atoms with Crippen molar-refractivity contribution in [1.29, 1.82) is 0 Å². The maximum absolute atomic E-state index is 13.6. The van der Waals surface area contributed by atoms with Gasteiger partial charge in [0.05, 0.1) is 16.1 Å². The van der Waals surface area contributed by atoms with E-state index in [0.717, 1.165) is 0 Å². The average Bonchev–Trinajstić information content (AvgIpc) is 2.99. The molecule has 1 aliphatic heterocycles. The first-order valence-electron chi connectivity index (χ1n) is 7.72. The van der Waals surface area contributed by atoms with Crippen molar-refractivity contribution in [2.24, 2.45) is 0 Å². The Labute approximate surface area is 157 Å². The Hall–Kier alpha value is -2.68. The number of urea groups is 1. The molecular formula is C17H16BrFN4O3. The van der Waals surface area contributed by atoms with E-state index >= 15 is 0 Å². The van der Waals surface area contributed by atoms with Gasteiger partial charge in [0.1, 0.15) is 11.6 Å². The van der Waals surface area contributed by atoms with Crippen LogP contribution in [0.1, 0.15) is 24.3 Å². The minimum Gasteiger partial charge on any atom is -0.360 e. The van der Waals surface area contributed by atoms with E-state index in [1.807, 2.05) is 0 Å². The van der Waals surface area contributed by atoms with Crippen molar-refractivity contribution in [2.45, 2.75) is 19.9 Å². The summed E-state index contributed by atoms with van der Waals surface area (Å²) in [5.74, 6) is -0.0450. The Kier molecular flexibility index (Phi) is 4.82. The zero-order chi connectivity index (χ0) is 19.0. The number of aromatic nitrogens is 1. The van der Waals surface area contributed by atoms with Crippen LogP contribution >= 0.6 is 15.9 Å². The second-order valence-corrected chi connectivity index (χ2v) is 6.75. The Morgan fingerprint density at radius 2 is 2.12 bits per heavy atom. The Morgan fingerprint density at radius 1 is 1.38 bits per heavy atom. The number of anilines is 1. The molecule has 1 aliphatic rings. The summed E-state index contributed by atoms with van der Waals surface area (Å²) in [7, 11) is 1.56. The smallest absolute Gasteiger partial charge is 0.322 e. The van der Waals surface area contributed by atoms with Gasteiger partial charge in [-0.25, -0.2) is 9.18 Å². The molecule has 26 heavy (non-hydrogen) atoms. The van der Waals surface area contributed by atoms with Gasteiger partial charge in [-0.15, -0.1) is 0 Å². The van der Waals surface area contributed by atoms with Crippen LogP contribution in [0.15, 0.2) is 44.5 Å². The van der Waals surface area contributed by atoms with Gasteiger partial charge in [-0.2, -0.15) is 0 Å². The number of benzene rings is 1. The van der Waals surface area contributed by atoms with Gasteiger partial charge in [0.25, 0.3) is 5.91 Å². The van der Waals surface area contributed by atoms with Crippen molar-refractivity contribution in [1.82, 2.24) is 15.4 Å². The summed E-state index contributed by atoms with van der Waals surface area (Å²) in [6.45, 7) is 3.38. The molecular weight excluding hydrogens is 407 g/mol. The first-order valence-corrected chi connectivity index (χ1v) is 8.52. The van der Waals surface area contributed by atoms with E-state index < -0.39 is 17.8 Å². The van der Waals surface area contributed by atoms with Crippen LogP contribution in [-0.2, 0) is 4.79 Å². The predicted molar refractivity (Wildman–Crippen MR) is 95.7 cm³/mol. The van der Waals surface area contributed by atoms with Gasteiger partial charge in [0.2, 0.25) is 0 Å². The van der Waals surface area contributed by atoms with E-state index in [1.54, 1.807) is 27.0 Å². The first-order chi connectivity index (χ1) is 12.3. The Bertz CT molecular complexity index is 924. The highest BCUT2D eigenvalue weighted by molar-refractivity contribution is 9.10. The maximum atomic E-state index is 13.6. The lowest BCUT2D eigenvalue weighted by atomic mass is 9.94. The molecule has 9 heteroatoms. The van der Waals surface area contributed by atoms with Crippen LogP contribution in [0.3, 0.4) is 0 Å². The Morgan fingerprint density at radius 3 is 2.73 bits per heavy atom. The number of carbonyl (C=O) groups is 2. The van der Waals surface area contributed by atoms with E-state index in [9.17, 15) is 14.0 Å². The second-order valence-electron chi connectivity index (χ2n) is 5.89. The molecule has 3 rings (SSSR count). The fourth-order valence-corrected chi connectivity index (χ4v) is 3.08. The number of rotatable bonds is 3. The number of allylic oxidation sites excluding steroid dienone is 1. The third kappa shape index (κ3) is 3.34. The number of aryl methyl sites for hydroxylation is 1. The van der Waals surface area contributed by atoms with Crippen LogP contribution < -0.4 is 10.6 Å². The third-order valence-electron chi connectivity index (χ3n) is 4.15. The number of carbonyl (C=O) groups excluding carboxylic acids is 2. The van der Waals surface area contributed by atoms with Gasteiger partial charge in [0.15, 0.2) is 5.82 Å². The molecule has 0 saturated carbocycles. The molecule has 0 radical (unpaired) electrons. The van der Waals surface area contributed by atoms with Crippen LogP contribution in [0.5, 0.6) is 0 Å². The van der Waals surface area contributed by atoms with E-state index in [2.05, 4.69) is 31.7 Å². The number of hydrogen-bond donors (Lipinski definition) is 2. The lowest BCUT2D eigenvalue weighted by Gasteiger charge is -2.33. The summed E-state index contributed by atoms with van der Waals surface area (Å²) in [6.07, 6.45) is 0. The van der Waals surface area contributed by atoms with Crippen LogP contribution in [0.25, 0.3) is 0 Å². The molecule has 136 valence electrons. The van der Waals surface area contributed by atoms with Crippen molar-refractivity contribution < 1.29 is 18.5 Å². The monoisotopic (exact) mass is 422 g/mol. The van der Waals surface area contributed by atoms with Gasteiger partial charge in [-0.05, 0) is 47.5 Å². The number of amides is 3. The van der Waals surface area contributed by atoms with Gasteiger partial charge < -0.3 is 20.1 Å². The van der Waals surface area contributed by atoms with E-state index in [0.29, 0.717) is 22.6 Å². The summed E-state index contributed by atoms with van der Waals surface area (Å²) in [5, 5.41) is 9.17. The average molecular weight is 423 g/mol. The normalized spacial score (nSPS) is 17.3. The minimum absolute atomic E-state index is 0.243. The van der Waals surface area contributed by atoms with Crippen molar-refractivity contribution in [3.63, 3.8) is 0 Å². The Balaban J connectivity index is 2.02. The molecule has 1 aromatic heterocycles. The third-order valence-corrected chi connectivity index (χ3v) is 4.75. The summed E-state index contributed by atoms with van der Waals surface area (Å²) in [4.78, 5) is 26.4. The molecule has 1 aromatic carbocycles. The van der Waals surface area contributed by atoms with E-state index in [1.165, 1.54) is 23.1 Å². The molecule has 3 amide bonds. The summed E-state index contributed by atoms with van der Waals surface area (Å²) in [6, 6.07) is 4.83. The quantitative estimate of drug-likeness (QED) is 0.792. The molecule has 2 heterocycles. The number of nitrogens with zero attached hydrogens (tertiary/aromatic N) is 2. The maximum Gasteiger partial charge on any atom is 0.322 e. The number of nitrogens with one attached hydrogen (secondary N) is 2. The van der Waals surface area contributed by atoms with Crippen LogP contribution in [0, 0.1) is 12.7 Å².